The Labute approximate surface area is 188 Å². The van der Waals surface area contributed by atoms with Gasteiger partial charge in [0, 0.05) is 26.2 Å². The molecule has 178 valence electrons. The van der Waals surface area contributed by atoms with Crippen molar-refractivity contribution in [1.82, 2.24) is 29.7 Å². The first-order valence-corrected chi connectivity index (χ1v) is 11.2. The molecule has 3 rings (SSSR count). The average Bonchev–Trinajstić information content (AvgIpc) is 3.34. The molecule has 0 saturated carbocycles. The van der Waals surface area contributed by atoms with Crippen molar-refractivity contribution < 1.29 is 14.3 Å². The van der Waals surface area contributed by atoms with Crippen molar-refractivity contribution in [3.05, 3.63) is 12.7 Å². The second-order valence-corrected chi connectivity index (χ2v) is 9.10. The van der Waals surface area contributed by atoms with E-state index in [1.165, 1.54) is 6.33 Å². The highest BCUT2D eigenvalue weighted by molar-refractivity contribution is 5.81. The number of nitrogens with zero attached hydrogens (tertiary/aromatic N) is 5. The fourth-order valence-corrected chi connectivity index (χ4v) is 3.84. The average molecular weight is 449 g/mol. The molecule has 0 spiro atoms. The molecule has 1 saturated heterocycles. The Morgan fingerprint density at radius 2 is 2.09 bits per heavy atom. The van der Waals surface area contributed by atoms with Crippen LogP contribution in [-0.4, -0.2) is 74.9 Å². The zero-order valence-electron chi connectivity index (χ0n) is 19.3. The zero-order valence-corrected chi connectivity index (χ0v) is 19.3. The van der Waals surface area contributed by atoms with Gasteiger partial charge in [-0.25, -0.2) is 19.7 Å². The highest BCUT2D eigenvalue weighted by Gasteiger charge is 2.29. The van der Waals surface area contributed by atoms with E-state index >= 15 is 0 Å². The molecule has 0 aromatic carbocycles. The van der Waals surface area contributed by atoms with Crippen molar-refractivity contribution in [3.8, 4) is 0 Å². The van der Waals surface area contributed by atoms with E-state index in [-0.39, 0.29) is 18.4 Å². The van der Waals surface area contributed by atoms with Crippen LogP contribution in [0.5, 0.6) is 0 Å². The zero-order chi connectivity index (χ0) is 23.1. The van der Waals surface area contributed by atoms with E-state index in [9.17, 15) is 4.79 Å². The van der Waals surface area contributed by atoms with Crippen LogP contribution in [0.3, 0.4) is 0 Å². The number of carbonyl (C=O) groups excluding carboxylic acids is 1. The van der Waals surface area contributed by atoms with Crippen molar-refractivity contribution in [1.29, 1.82) is 0 Å². The molecule has 2 atom stereocenters. The third kappa shape index (κ3) is 6.75. The second kappa shape index (κ2) is 10.9. The lowest BCUT2D eigenvalue weighted by Crippen LogP contribution is -2.37. The Morgan fingerprint density at radius 3 is 2.84 bits per heavy atom. The first-order chi connectivity index (χ1) is 15.3. The van der Waals surface area contributed by atoms with Crippen LogP contribution < -0.4 is 16.8 Å². The number of rotatable bonds is 10. The molecule has 11 nitrogen and oxygen atoms in total. The largest absolute Gasteiger partial charge is 0.444 e. The fourth-order valence-electron chi connectivity index (χ4n) is 3.84. The number of ether oxygens (including phenoxy) is 2. The van der Waals surface area contributed by atoms with E-state index in [2.05, 4.69) is 25.2 Å². The summed E-state index contributed by atoms with van der Waals surface area (Å²) in [5.74, 6) is 0.374. The van der Waals surface area contributed by atoms with Crippen LogP contribution in [-0.2, 0) is 9.47 Å². The summed E-state index contributed by atoms with van der Waals surface area (Å²) >= 11 is 0. The molecule has 1 aliphatic heterocycles. The van der Waals surface area contributed by atoms with Crippen molar-refractivity contribution in [2.24, 2.45) is 5.73 Å². The molecule has 1 fully saturated rings. The number of hydrogen-bond donors (Lipinski definition) is 3. The predicted molar refractivity (Wildman–Crippen MR) is 122 cm³/mol. The van der Waals surface area contributed by atoms with Gasteiger partial charge < -0.3 is 26.3 Å². The van der Waals surface area contributed by atoms with E-state index in [0.29, 0.717) is 30.1 Å². The molecule has 2 aromatic rings. The quantitative estimate of drug-likeness (QED) is 0.462. The number of fused-ring (bicyclic) bond motifs is 1. The maximum atomic E-state index is 11.7. The number of amides is 1. The summed E-state index contributed by atoms with van der Waals surface area (Å²) in [6, 6.07) is 0. The van der Waals surface area contributed by atoms with Crippen LogP contribution >= 0.6 is 0 Å². The Morgan fingerprint density at radius 1 is 1.28 bits per heavy atom. The van der Waals surface area contributed by atoms with Gasteiger partial charge in [0.2, 0.25) is 0 Å². The molecule has 0 radical (unpaired) electrons. The number of nitrogen functional groups attached to an aromatic ring is 1. The molecule has 11 heteroatoms. The minimum absolute atomic E-state index is 0.114. The lowest BCUT2D eigenvalue weighted by molar-refractivity contribution is -0.0114. The van der Waals surface area contributed by atoms with E-state index in [0.717, 1.165) is 45.3 Å². The van der Waals surface area contributed by atoms with Crippen molar-refractivity contribution in [2.75, 3.05) is 38.5 Å². The molecule has 2 aromatic heterocycles. The molecule has 3 heterocycles. The van der Waals surface area contributed by atoms with Gasteiger partial charge >= 0.3 is 6.09 Å². The third-order valence-corrected chi connectivity index (χ3v) is 5.26. The Bertz CT molecular complexity index is 882. The van der Waals surface area contributed by atoms with Crippen molar-refractivity contribution in [3.63, 3.8) is 0 Å². The molecule has 5 N–H and O–H groups in total. The molecule has 1 amide bonds. The third-order valence-electron chi connectivity index (χ3n) is 5.26. The minimum Gasteiger partial charge on any atom is -0.444 e. The number of anilines is 1. The number of nitrogens with two attached hydrogens (primary N) is 2. The normalized spacial score (nSPS) is 19.0. The molecule has 1 aliphatic rings. The Kier molecular flexibility index (Phi) is 8.21. The minimum atomic E-state index is -0.482. The van der Waals surface area contributed by atoms with Crippen LogP contribution in [0.2, 0.25) is 0 Å². The van der Waals surface area contributed by atoms with E-state index in [4.69, 9.17) is 20.9 Å². The second-order valence-electron chi connectivity index (χ2n) is 9.10. The smallest absolute Gasteiger partial charge is 0.407 e. The van der Waals surface area contributed by atoms with E-state index in [1.54, 1.807) is 6.33 Å². The summed E-state index contributed by atoms with van der Waals surface area (Å²) in [4.78, 5) is 26.7. The number of unbranched alkanes of at least 4 members (excludes halogenated alkanes) is 1. The van der Waals surface area contributed by atoms with Gasteiger partial charge in [-0.15, -0.1) is 0 Å². The van der Waals surface area contributed by atoms with Crippen LogP contribution in [0, 0.1) is 0 Å². The molecule has 32 heavy (non-hydrogen) atoms. The number of carbonyl (C=O) groups is 1. The highest BCUT2D eigenvalue weighted by Crippen LogP contribution is 2.31. The summed E-state index contributed by atoms with van der Waals surface area (Å²) in [5, 5.41) is 2.80. The first kappa shape index (κ1) is 24.1. The van der Waals surface area contributed by atoms with Crippen LogP contribution in [0.1, 0.15) is 52.7 Å². The topological polar surface area (TPSA) is 146 Å². The number of hydrogen-bond acceptors (Lipinski definition) is 9. The van der Waals surface area contributed by atoms with Crippen molar-refractivity contribution in [2.45, 2.75) is 64.4 Å². The summed E-state index contributed by atoms with van der Waals surface area (Å²) < 4.78 is 13.5. The van der Waals surface area contributed by atoms with Gasteiger partial charge in [-0.2, -0.15) is 0 Å². The monoisotopic (exact) mass is 448 g/mol. The number of alkyl carbamates (subject to hydrolysis) is 1. The number of aromatic nitrogens is 4. The van der Waals surface area contributed by atoms with Gasteiger partial charge in [-0.05, 0) is 53.0 Å². The van der Waals surface area contributed by atoms with Gasteiger partial charge in [0.25, 0.3) is 0 Å². The number of imidazole rings is 1. The van der Waals surface area contributed by atoms with Crippen molar-refractivity contribution >= 4 is 23.1 Å². The van der Waals surface area contributed by atoms with Crippen LogP contribution in [0.25, 0.3) is 11.2 Å². The van der Waals surface area contributed by atoms with E-state index < -0.39 is 5.60 Å². The molecule has 2 unspecified atom stereocenters. The SMILES string of the molecule is CC(C)(C)OC(=O)NCCCCN(CCN)CC1CCC(n2cnc3c(N)ncnc32)O1. The Balaban J connectivity index is 1.43. The summed E-state index contributed by atoms with van der Waals surface area (Å²) in [5.41, 5.74) is 12.5. The summed E-state index contributed by atoms with van der Waals surface area (Å²) in [7, 11) is 0. The lowest BCUT2D eigenvalue weighted by atomic mass is 10.2. The molecular formula is C21H36N8O3. The van der Waals surface area contributed by atoms with Gasteiger partial charge in [0.15, 0.2) is 11.5 Å². The summed E-state index contributed by atoms with van der Waals surface area (Å²) in [6.45, 7) is 9.26. The fraction of sp³-hybridized carbons (Fsp3) is 0.714. The maximum Gasteiger partial charge on any atom is 0.407 e. The van der Waals surface area contributed by atoms with Gasteiger partial charge in [0.05, 0.1) is 12.4 Å². The maximum absolute atomic E-state index is 11.7. The van der Waals surface area contributed by atoms with Gasteiger partial charge in [0.1, 0.15) is 23.7 Å². The Hall–Kier alpha value is -2.50. The van der Waals surface area contributed by atoms with Crippen LogP contribution in [0.15, 0.2) is 12.7 Å². The van der Waals surface area contributed by atoms with E-state index in [1.807, 2.05) is 25.3 Å². The summed E-state index contributed by atoms with van der Waals surface area (Å²) in [6.07, 6.45) is 6.45. The molecule has 0 bridgehead atoms. The first-order valence-electron chi connectivity index (χ1n) is 11.2. The highest BCUT2D eigenvalue weighted by atomic mass is 16.6. The number of nitrogens with one attached hydrogen (secondary N) is 1. The predicted octanol–water partition coefficient (Wildman–Crippen LogP) is 1.65. The molecule has 0 aliphatic carbocycles. The van der Waals surface area contributed by atoms with Gasteiger partial charge in [-0.3, -0.25) is 9.47 Å². The van der Waals surface area contributed by atoms with Crippen LogP contribution in [0.4, 0.5) is 10.6 Å². The molecular weight excluding hydrogens is 412 g/mol. The standard InChI is InChI=1S/C21H36N8O3/c1-21(2,3)32-20(30)24-9-4-5-10-28(11-8-22)12-15-6-7-16(31-15)29-14-27-17-18(23)25-13-26-19(17)29/h13-16H,4-12,22H2,1-3H3,(H,24,30)(H2,23,25,26). The lowest BCUT2D eigenvalue weighted by Gasteiger charge is -2.25. The van der Waals surface area contributed by atoms with Gasteiger partial charge in [-0.1, -0.05) is 0 Å².